The molecule has 5 nitrogen and oxygen atoms in total. The lowest BCUT2D eigenvalue weighted by Gasteiger charge is -2.38. The van der Waals surface area contributed by atoms with Crippen LogP contribution < -0.4 is 5.32 Å². The number of nitrogens with one attached hydrogen (secondary N) is 1. The van der Waals surface area contributed by atoms with E-state index in [9.17, 15) is 9.59 Å². The van der Waals surface area contributed by atoms with Gasteiger partial charge in [-0.25, -0.2) is 4.79 Å². The van der Waals surface area contributed by atoms with E-state index in [1.807, 2.05) is 6.92 Å². The van der Waals surface area contributed by atoms with E-state index < -0.39 is 17.6 Å². The van der Waals surface area contributed by atoms with Gasteiger partial charge in [0.15, 0.2) is 0 Å². The number of hydrogen-bond donors (Lipinski definition) is 2. The van der Waals surface area contributed by atoms with E-state index in [-0.39, 0.29) is 5.91 Å². The van der Waals surface area contributed by atoms with E-state index in [1.165, 1.54) is 4.90 Å². The molecule has 1 saturated heterocycles. The average molecular weight is 242 g/mol. The SMILES string of the molecule is CCC(C(=O)O)N(C)C(=O)C1(C)CCCCN1. The summed E-state index contributed by atoms with van der Waals surface area (Å²) in [6.07, 6.45) is 3.27. The van der Waals surface area contributed by atoms with E-state index in [2.05, 4.69) is 5.32 Å². The Kier molecular flexibility index (Phi) is 4.51. The van der Waals surface area contributed by atoms with E-state index in [1.54, 1.807) is 14.0 Å². The third-order valence-corrected chi connectivity index (χ3v) is 3.55. The summed E-state index contributed by atoms with van der Waals surface area (Å²) in [5.74, 6) is -1.06. The highest BCUT2D eigenvalue weighted by molar-refractivity contribution is 5.89. The molecule has 5 heteroatoms. The lowest BCUT2D eigenvalue weighted by Crippen LogP contribution is -2.59. The molecule has 0 aromatic carbocycles. The summed E-state index contributed by atoms with van der Waals surface area (Å²) in [7, 11) is 1.58. The van der Waals surface area contributed by atoms with E-state index in [0.717, 1.165) is 25.8 Å². The molecular formula is C12H22N2O3. The van der Waals surface area contributed by atoms with Crippen LogP contribution in [0.25, 0.3) is 0 Å². The quantitative estimate of drug-likeness (QED) is 0.766. The van der Waals surface area contributed by atoms with Crippen LogP contribution in [0.5, 0.6) is 0 Å². The summed E-state index contributed by atoms with van der Waals surface area (Å²) in [6.45, 7) is 4.46. The van der Waals surface area contributed by atoms with Crippen LogP contribution in [0.15, 0.2) is 0 Å². The van der Waals surface area contributed by atoms with Gasteiger partial charge in [0.2, 0.25) is 5.91 Å². The Morgan fingerprint density at radius 2 is 2.12 bits per heavy atom. The van der Waals surface area contributed by atoms with E-state index in [4.69, 9.17) is 5.11 Å². The minimum atomic E-state index is -0.942. The first kappa shape index (κ1) is 14.0. The summed E-state index contributed by atoms with van der Waals surface area (Å²) in [5, 5.41) is 12.3. The Morgan fingerprint density at radius 1 is 1.47 bits per heavy atom. The van der Waals surface area contributed by atoms with Crippen molar-refractivity contribution in [2.45, 2.75) is 51.1 Å². The van der Waals surface area contributed by atoms with Crippen LogP contribution in [-0.4, -0.2) is 47.1 Å². The highest BCUT2D eigenvalue weighted by atomic mass is 16.4. The lowest BCUT2D eigenvalue weighted by molar-refractivity contribution is -0.152. The molecule has 1 aliphatic rings. The van der Waals surface area contributed by atoms with Gasteiger partial charge in [-0.2, -0.15) is 0 Å². The lowest BCUT2D eigenvalue weighted by atomic mass is 9.89. The third-order valence-electron chi connectivity index (χ3n) is 3.55. The van der Waals surface area contributed by atoms with Gasteiger partial charge in [-0.3, -0.25) is 4.79 Å². The van der Waals surface area contributed by atoms with Crippen LogP contribution in [0.3, 0.4) is 0 Å². The number of carbonyl (C=O) groups is 2. The summed E-state index contributed by atoms with van der Waals surface area (Å²) in [4.78, 5) is 24.7. The molecule has 0 bridgehead atoms. The van der Waals surface area contributed by atoms with Crippen molar-refractivity contribution in [3.8, 4) is 0 Å². The van der Waals surface area contributed by atoms with Gasteiger partial charge in [0.05, 0.1) is 5.54 Å². The van der Waals surface area contributed by atoms with Gasteiger partial charge in [0, 0.05) is 7.05 Å². The maximum absolute atomic E-state index is 12.3. The molecule has 0 radical (unpaired) electrons. The smallest absolute Gasteiger partial charge is 0.326 e. The Bertz CT molecular complexity index is 298. The Balaban J connectivity index is 2.77. The molecule has 0 aliphatic carbocycles. The second-order valence-electron chi connectivity index (χ2n) is 4.89. The topological polar surface area (TPSA) is 69.6 Å². The zero-order valence-corrected chi connectivity index (χ0v) is 10.8. The van der Waals surface area contributed by atoms with Gasteiger partial charge in [0.1, 0.15) is 6.04 Å². The molecule has 0 aromatic heterocycles. The first-order valence-corrected chi connectivity index (χ1v) is 6.17. The average Bonchev–Trinajstić information content (AvgIpc) is 2.29. The number of carbonyl (C=O) groups excluding carboxylic acids is 1. The van der Waals surface area contributed by atoms with Crippen LogP contribution in [-0.2, 0) is 9.59 Å². The minimum absolute atomic E-state index is 0.119. The number of likely N-dealkylation sites (N-methyl/N-ethyl adjacent to an activating group) is 1. The molecule has 1 heterocycles. The Labute approximate surface area is 102 Å². The predicted molar refractivity (Wildman–Crippen MR) is 64.7 cm³/mol. The van der Waals surface area contributed by atoms with Crippen molar-refractivity contribution in [3.05, 3.63) is 0 Å². The summed E-state index contributed by atoms with van der Waals surface area (Å²) in [6, 6.07) is -0.733. The number of amides is 1. The fourth-order valence-electron chi connectivity index (χ4n) is 2.38. The molecule has 17 heavy (non-hydrogen) atoms. The summed E-state index contributed by atoms with van der Waals surface area (Å²) >= 11 is 0. The van der Waals surface area contributed by atoms with Crippen molar-refractivity contribution in [1.82, 2.24) is 10.2 Å². The molecule has 0 saturated carbocycles. The van der Waals surface area contributed by atoms with Crippen LogP contribution in [0.4, 0.5) is 0 Å². The number of rotatable bonds is 4. The second-order valence-corrected chi connectivity index (χ2v) is 4.89. The van der Waals surface area contributed by atoms with Crippen molar-refractivity contribution in [1.29, 1.82) is 0 Å². The number of carboxylic acid groups (broad SMARTS) is 1. The van der Waals surface area contributed by atoms with Gasteiger partial charge < -0.3 is 15.3 Å². The molecule has 1 fully saturated rings. The minimum Gasteiger partial charge on any atom is -0.480 e. The molecule has 1 amide bonds. The standard InChI is InChI=1S/C12H22N2O3/c1-4-9(10(15)16)14(3)11(17)12(2)7-5-6-8-13-12/h9,13H,4-8H2,1-3H3,(H,15,16). The van der Waals surface area contributed by atoms with Gasteiger partial charge in [-0.1, -0.05) is 6.92 Å². The van der Waals surface area contributed by atoms with Crippen molar-refractivity contribution in [2.24, 2.45) is 0 Å². The Hall–Kier alpha value is -1.10. The molecule has 0 spiro atoms. The molecule has 98 valence electrons. The van der Waals surface area contributed by atoms with Crippen LogP contribution in [0.2, 0.25) is 0 Å². The monoisotopic (exact) mass is 242 g/mol. The molecule has 1 aliphatic heterocycles. The second kappa shape index (κ2) is 5.49. The normalized spacial score (nSPS) is 26.3. The van der Waals surface area contributed by atoms with Crippen molar-refractivity contribution in [2.75, 3.05) is 13.6 Å². The number of aliphatic carboxylic acids is 1. The maximum Gasteiger partial charge on any atom is 0.326 e. The zero-order chi connectivity index (χ0) is 13.1. The maximum atomic E-state index is 12.3. The van der Waals surface area contributed by atoms with Gasteiger partial charge in [-0.15, -0.1) is 0 Å². The zero-order valence-electron chi connectivity index (χ0n) is 10.8. The molecule has 2 atom stereocenters. The first-order valence-electron chi connectivity index (χ1n) is 6.17. The van der Waals surface area contributed by atoms with Crippen LogP contribution in [0, 0.1) is 0 Å². The number of carboxylic acids is 1. The van der Waals surface area contributed by atoms with Crippen LogP contribution >= 0.6 is 0 Å². The number of piperidine rings is 1. The largest absolute Gasteiger partial charge is 0.480 e. The highest BCUT2D eigenvalue weighted by Crippen LogP contribution is 2.22. The molecule has 1 rings (SSSR count). The molecule has 2 N–H and O–H groups in total. The van der Waals surface area contributed by atoms with Crippen molar-refractivity contribution in [3.63, 3.8) is 0 Å². The van der Waals surface area contributed by atoms with Gasteiger partial charge in [-0.05, 0) is 39.2 Å². The van der Waals surface area contributed by atoms with Gasteiger partial charge in [0.25, 0.3) is 0 Å². The highest BCUT2D eigenvalue weighted by Gasteiger charge is 2.39. The van der Waals surface area contributed by atoms with Crippen molar-refractivity contribution < 1.29 is 14.7 Å². The fourth-order valence-corrected chi connectivity index (χ4v) is 2.38. The Morgan fingerprint density at radius 3 is 2.53 bits per heavy atom. The van der Waals surface area contributed by atoms with Gasteiger partial charge >= 0.3 is 5.97 Å². The first-order chi connectivity index (χ1) is 7.92. The van der Waals surface area contributed by atoms with Crippen molar-refractivity contribution >= 4 is 11.9 Å². The molecular weight excluding hydrogens is 220 g/mol. The number of hydrogen-bond acceptors (Lipinski definition) is 3. The van der Waals surface area contributed by atoms with Crippen LogP contribution in [0.1, 0.15) is 39.5 Å². The molecule has 0 aromatic rings. The summed E-state index contributed by atoms with van der Waals surface area (Å²) < 4.78 is 0. The number of nitrogens with zero attached hydrogens (tertiary/aromatic N) is 1. The third kappa shape index (κ3) is 2.97. The van der Waals surface area contributed by atoms with E-state index >= 15 is 0 Å². The predicted octanol–water partition coefficient (Wildman–Crippen LogP) is 0.840. The molecule has 2 unspecified atom stereocenters. The fraction of sp³-hybridized carbons (Fsp3) is 0.833. The summed E-state index contributed by atoms with van der Waals surface area (Å²) in [5.41, 5.74) is -0.601. The van der Waals surface area contributed by atoms with E-state index in [0.29, 0.717) is 6.42 Å².